The van der Waals surface area contributed by atoms with E-state index in [1.54, 1.807) is 0 Å². The fourth-order valence-electron chi connectivity index (χ4n) is 3.40. The number of rotatable bonds is 3. The van der Waals surface area contributed by atoms with Crippen molar-refractivity contribution in [2.24, 2.45) is 23.0 Å². The Kier molecular flexibility index (Phi) is 2.11. The molecule has 2 heteroatoms. The van der Waals surface area contributed by atoms with Gasteiger partial charge in [0, 0.05) is 0 Å². The number of fused-ring (bicyclic) bond motifs is 2. The molecule has 0 radical (unpaired) electrons. The quantitative estimate of drug-likeness (QED) is 0.691. The van der Waals surface area contributed by atoms with Crippen molar-refractivity contribution in [3.05, 3.63) is 0 Å². The summed E-state index contributed by atoms with van der Waals surface area (Å²) in [6.45, 7) is 0.526. The second-order valence-electron chi connectivity index (χ2n) is 4.59. The van der Waals surface area contributed by atoms with Crippen LogP contribution in [-0.4, -0.2) is 13.2 Å². The van der Waals surface area contributed by atoms with E-state index in [1.165, 1.54) is 25.7 Å². The average Bonchev–Trinajstić information content (AvgIpc) is 2.64. The van der Waals surface area contributed by atoms with Gasteiger partial charge in [-0.2, -0.15) is 0 Å². The van der Waals surface area contributed by atoms with Crippen molar-refractivity contribution < 1.29 is 4.39 Å². The Bertz CT molecular complexity index is 171. The normalized spacial score (nSPS) is 45.5. The topological polar surface area (TPSA) is 26.0 Å². The zero-order valence-corrected chi connectivity index (χ0v) is 7.56. The molecule has 0 amide bonds. The minimum atomic E-state index is -0.180. The Labute approximate surface area is 73.5 Å². The van der Waals surface area contributed by atoms with Gasteiger partial charge >= 0.3 is 0 Å². The van der Waals surface area contributed by atoms with Crippen LogP contribution in [0.15, 0.2) is 0 Å². The third kappa shape index (κ3) is 1.08. The van der Waals surface area contributed by atoms with E-state index in [2.05, 4.69) is 0 Å². The molecule has 0 spiro atoms. The van der Waals surface area contributed by atoms with Crippen LogP contribution in [0, 0.1) is 17.3 Å². The standard InChI is InChI=1S/C10H18FN/c11-4-3-10(7-12)6-8-1-2-9(10)5-8/h8-9H,1-7,12H2. The van der Waals surface area contributed by atoms with E-state index in [0.717, 1.165) is 11.8 Å². The third-order valence-corrected chi connectivity index (χ3v) is 4.10. The van der Waals surface area contributed by atoms with Gasteiger partial charge in [-0.25, -0.2) is 0 Å². The summed E-state index contributed by atoms with van der Waals surface area (Å²) in [6, 6.07) is 0. The fourth-order valence-corrected chi connectivity index (χ4v) is 3.40. The van der Waals surface area contributed by atoms with Crippen LogP contribution in [0.5, 0.6) is 0 Å². The zero-order valence-electron chi connectivity index (χ0n) is 7.56. The van der Waals surface area contributed by atoms with Crippen LogP contribution >= 0.6 is 0 Å². The average molecular weight is 171 g/mol. The Morgan fingerprint density at radius 3 is 2.67 bits per heavy atom. The summed E-state index contributed by atoms with van der Waals surface area (Å²) in [6.07, 6.45) is 5.93. The fraction of sp³-hybridized carbons (Fsp3) is 1.00. The lowest BCUT2D eigenvalue weighted by Gasteiger charge is -2.35. The van der Waals surface area contributed by atoms with Gasteiger partial charge in [-0.3, -0.25) is 4.39 Å². The maximum Gasteiger partial charge on any atom is 0.0900 e. The van der Waals surface area contributed by atoms with Gasteiger partial charge in [-0.05, 0) is 49.5 Å². The molecular weight excluding hydrogens is 153 g/mol. The molecule has 0 aliphatic heterocycles. The SMILES string of the molecule is NCC1(CCF)CC2CCC1C2. The minimum Gasteiger partial charge on any atom is -0.330 e. The number of hydrogen-bond donors (Lipinski definition) is 1. The minimum absolute atomic E-state index is 0.180. The first-order chi connectivity index (χ1) is 5.80. The Balaban J connectivity index is 2.08. The lowest BCUT2D eigenvalue weighted by molar-refractivity contribution is 0.143. The monoisotopic (exact) mass is 171 g/mol. The second kappa shape index (κ2) is 2.99. The Morgan fingerprint density at radius 1 is 1.42 bits per heavy atom. The summed E-state index contributed by atoms with van der Waals surface area (Å²) in [5, 5.41) is 0. The summed E-state index contributed by atoms with van der Waals surface area (Å²) < 4.78 is 12.3. The van der Waals surface area contributed by atoms with Gasteiger partial charge in [0.1, 0.15) is 0 Å². The highest BCUT2D eigenvalue weighted by atomic mass is 19.1. The van der Waals surface area contributed by atoms with Crippen LogP contribution in [0.25, 0.3) is 0 Å². The van der Waals surface area contributed by atoms with Crippen molar-refractivity contribution in [1.82, 2.24) is 0 Å². The van der Waals surface area contributed by atoms with E-state index < -0.39 is 0 Å². The maximum absolute atomic E-state index is 12.3. The molecule has 2 fully saturated rings. The molecule has 3 unspecified atom stereocenters. The van der Waals surface area contributed by atoms with Gasteiger partial charge in [-0.1, -0.05) is 6.42 Å². The first-order valence-corrected chi connectivity index (χ1v) is 5.07. The first-order valence-electron chi connectivity index (χ1n) is 5.07. The van der Waals surface area contributed by atoms with E-state index in [4.69, 9.17) is 5.73 Å². The summed E-state index contributed by atoms with van der Waals surface area (Å²) >= 11 is 0. The largest absolute Gasteiger partial charge is 0.330 e. The predicted octanol–water partition coefficient (Wildman–Crippen LogP) is 2.11. The van der Waals surface area contributed by atoms with Crippen molar-refractivity contribution in [3.63, 3.8) is 0 Å². The molecule has 3 atom stereocenters. The second-order valence-corrected chi connectivity index (χ2v) is 4.59. The number of alkyl halides is 1. The molecule has 0 aromatic carbocycles. The van der Waals surface area contributed by atoms with Gasteiger partial charge in [0.15, 0.2) is 0 Å². The van der Waals surface area contributed by atoms with Crippen LogP contribution in [0.1, 0.15) is 32.1 Å². The van der Waals surface area contributed by atoms with Gasteiger partial charge in [0.05, 0.1) is 6.67 Å². The lowest BCUT2D eigenvalue weighted by atomic mass is 9.71. The molecule has 12 heavy (non-hydrogen) atoms. The van der Waals surface area contributed by atoms with E-state index in [9.17, 15) is 4.39 Å². The van der Waals surface area contributed by atoms with Crippen LogP contribution in [0.4, 0.5) is 4.39 Å². The lowest BCUT2D eigenvalue weighted by Crippen LogP contribution is -2.36. The molecule has 0 heterocycles. The first kappa shape index (κ1) is 8.49. The highest BCUT2D eigenvalue weighted by Crippen LogP contribution is 2.56. The molecule has 2 saturated carbocycles. The molecule has 2 aliphatic carbocycles. The summed E-state index contributed by atoms with van der Waals surface area (Å²) in [5.74, 6) is 1.63. The van der Waals surface area contributed by atoms with E-state index in [1.807, 2.05) is 0 Å². The van der Waals surface area contributed by atoms with E-state index >= 15 is 0 Å². The number of nitrogens with two attached hydrogens (primary N) is 1. The molecule has 2 rings (SSSR count). The molecule has 1 nitrogen and oxygen atoms in total. The molecule has 2 aliphatic rings. The highest BCUT2D eigenvalue weighted by Gasteiger charge is 2.49. The van der Waals surface area contributed by atoms with Crippen molar-refractivity contribution in [1.29, 1.82) is 0 Å². The highest BCUT2D eigenvalue weighted by molar-refractivity contribution is 5.00. The van der Waals surface area contributed by atoms with Gasteiger partial charge < -0.3 is 5.73 Å². The van der Waals surface area contributed by atoms with Gasteiger partial charge in [0.25, 0.3) is 0 Å². The van der Waals surface area contributed by atoms with Crippen LogP contribution in [0.2, 0.25) is 0 Å². The van der Waals surface area contributed by atoms with Crippen LogP contribution in [-0.2, 0) is 0 Å². The molecular formula is C10H18FN. The van der Waals surface area contributed by atoms with Crippen molar-refractivity contribution in [2.45, 2.75) is 32.1 Å². The molecule has 0 saturated heterocycles. The number of halogens is 1. The summed E-state index contributed by atoms with van der Waals surface area (Å²) in [4.78, 5) is 0. The van der Waals surface area contributed by atoms with Crippen molar-refractivity contribution >= 4 is 0 Å². The molecule has 0 aromatic rings. The zero-order chi connectivity index (χ0) is 8.60. The molecule has 2 bridgehead atoms. The van der Waals surface area contributed by atoms with Crippen molar-refractivity contribution in [2.75, 3.05) is 13.2 Å². The van der Waals surface area contributed by atoms with Crippen LogP contribution < -0.4 is 5.73 Å². The molecule has 0 aromatic heterocycles. The summed E-state index contributed by atoms with van der Waals surface area (Å²) in [7, 11) is 0. The summed E-state index contributed by atoms with van der Waals surface area (Å²) in [5.41, 5.74) is 5.98. The Hall–Kier alpha value is -0.110. The van der Waals surface area contributed by atoms with E-state index in [-0.39, 0.29) is 12.1 Å². The van der Waals surface area contributed by atoms with Gasteiger partial charge in [-0.15, -0.1) is 0 Å². The molecule has 70 valence electrons. The predicted molar refractivity (Wildman–Crippen MR) is 47.5 cm³/mol. The Morgan fingerprint density at radius 2 is 2.25 bits per heavy atom. The van der Waals surface area contributed by atoms with Crippen LogP contribution in [0.3, 0.4) is 0 Å². The maximum atomic E-state index is 12.3. The van der Waals surface area contributed by atoms with E-state index in [0.29, 0.717) is 13.0 Å². The number of hydrogen-bond acceptors (Lipinski definition) is 1. The molecule has 2 N–H and O–H groups in total. The van der Waals surface area contributed by atoms with Crippen molar-refractivity contribution in [3.8, 4) is 0 Å². The third-order valence-electron chi connectivity index (χ3n) is 4.10. The smallest absolute Gasteiger partial charge is 0.0900 e. The van der Waals surface area contributed by atoms with Gasteiger partial charge in [0.2, 0.25) is 0 Å².